The van der Waals surface area contributed by atoms with Crippen LogP contribution in [0.15, 0.2) is 36.7 Å². The molecule has 2 aromatic rings. The lowest BCUT2D eigenvalue weighted by molar-refractivity contribution is 0.539. The molecule has 0 bridgehead atoms. The Labute approximate surface area is 262 Å². The van der Waals surface area contributed by atoms with Crippen LogP contribution in [-0.4, -0.2) is 9.97 Å². The first-order valence-corrected chi connectivity index (χ1v) is 18.7. The van der Waals surface area contributed by atoms with Gasteiger partial charge < -0.3 is 0 Å². The molecule has 2 nitrogen and oxygen atoms in total. The fourth-order valence-electron chi connectivity index (χ4n) is 6.14. The van der Waals surface area contributed by atoms with Gasteiger partial charge in [0, 0.05) is 12.4 Å². The Bertz CT molecular complexity index is 754. The lowest BCUT2D eigenvalue weighted by Crippen LogP contribution is -1.93. The van der Waals surface area contributed by atoms with Gasteiger partial charge in [0.2, 0.25) is 0 Å². The number of aryl methyl sites for hydroxylation is 2. The van der Waals surface area contributed by atoms with E-state index < -0.39 is 0 Å². The molecule has 0 radical (unpaired) electrons. The monoisotopic (exact) mass is 577 g/mol. The molecule has 0 unspecified atom stereocenters. The molecule has 0 aliphatic carbocycles. The highest BCUT2D eigenvalue weighted by Crippen LogP contribution is 2.19. The van der Waals surface area contributed by atoms with E-state index in [2.05, 4.69) is 50.5 Å². The molecular formula is C40H68N2. The Morgan fingerprint density at radius 3 is 0.833 bits per heavy atom. The van der Waals surface area contributed by atoms with E-state index in [4.69, 9.17) is 9.97 Å². The summed E-state index contributed by atoms with van der Waals surface area (Å²) in [5.41, 5.74) is 4.72. The third kappa shape index (κ3) is 19.5. The van der Waals surface area contributed by atoms with Gasteiger partial charge in [0.15, 0.2) is 0 Å². The number of aromatic nitrogens is 2. The number of pyridine rings is 2. The minimum absolute atomic E-state index is 0.997. The highest BCUT2D eigenvalue weighted by atomic mass is 14.8. The molecule has 2 rings (SSSR count). The summed E-state index contributed by atoms with van der Waals surface area (Å²) in [4.78, 5) is 9.47. The van der Waals surface area contributed by atoms with Gasteiger partial charge in [0.1, 0.15) is 0 Å². The smallest absolute Gasteiger partial charge is 0.0886 e. The van der Waals surface area contributed by atoms with Gasteiger partial charge in [0.05, 0.1) is 11.4 Å². The Morgan fingerprint density at radius 2 is 0.595 bits per heavy atom. The van der Waals surface area contributed by atoms with Gasteiger partial charge in [-0.2, -0.15) is 0 Å². The Balaban J connectivity index is 1.45. The van der Waals surface area contributed by atoms with Crippen LogP contribution in [0.25, 0.3) is 11.4 Å². The van der Waals surface area contributed by atoms with Gasteiger partial charge in [0.25, 0.3) is 0 Å². The van der Waals surface area contributed by atoms with Crippen LogP contribution in [0.5, 0.6) is 0 Å². The van der Waals surface area contributed by atoms with Crippen molar-refractivity contribution in [2.24, 2.45) is 0 Å². The number of hydrogen-bond donors (Lipinski definition) is 0. The maximum atomic E-state index is 4.74. The van der Waals surface area contributed by atoms with E-state index in [0.29, 0.717) is 0 Å². The summed E-state index contributed by atoms with van der Waals surface area (Å²) in [7, 11) is 0. The van der Waals surface area contributed by atoms with Gasteiger partial charge >= 0.3 is 0 Å². The van der Waals surface area contributed by atoms with Crippen molar-refractivity contribution in [2.75, 3.05) is 0 Å². The molecule has 0 aliphatic heterocycles. The minimum Gasteiger partial charge on any atom is -0.254 e. The van der Waals surface area contributed by atoms with Gasteiger partial charge in [-0.15, -0.1) is 0 Å². The molecule has 0 spiro atoms. The van der Waals surface area contributed by atoms with Crippen molar-refractivity contribution in [1.29, 1.82) is 0 Å². The lowest BCUT2D eigenvalue weighted by Gasteiger charge is -2.06. The van der Waals surface area contributed by atoms with Crippen molar-refractivity contribution in [1.82, 2.24) is 9.97 Å². The zero-order valence-electron chi connectivity index (χ0n) is 28.2. The van der Waals surface area contributed by atoms with Crippen molar-refractivity contribution in [3.63, 3.8) is 0 Å². The van der Waals surface area contributed by atoms with Crippen molar-refractivity contribution in [3.8, 4) is 11.4 Å². The molecule has 0 aromatic carbocycles. The van der Waals surface area contributed by atoms with Crippen molar-refractivity contribution >= 4 is 0 Å². The zero-order chi connectivity index (χ0) is 29.8. The summed E-state index contributed by atoms with van der Waals surface area (Å²) >= 11 is 0. The van der Waals surface area contributed by atoms with E-state index in [-0.39, 0.29) is 0 Å². The van der Waals surface area contributed by atoms with E-state index in [1.165, 1.54) is 178 Å². The number of unbranched alkanes of at least 4 members (excludes halogenated alkanes) is 24. The summed E-state index contributed by atoms with van der Waals surface area (Å²) in [5.74, 6) is 0. The Kier molecular flexibility index (Phi) is 23.4. The van der Waals surface area contributed by atoms with Gasteiger partial charge in [-0.1, -0.05) is 180 Å². The third-order valence-corrected chi connectivity index (χ3v) is 9.05. The predicted octanol–water partition coefficient (Wildman–Crippen LogP) is 13.4. The summed E-state index contributed by atoms with van der Waals surface area (Å²) < 4.78 is 0. The second-order valence-electron chi connectivity index (χ2n) is 13.1. The van der Waals surface area contributed by atoms with Crippen LogP contribution in [0, 0.1) is 0 Å². The summed E-state index contributed by atoms with van der Waals surface area (Å²) in [6.45, 7) is 4.59. The summed E-state index contributed by atoms with van der Waals surface area (Å²) in [5, 5.41) is 0. The van der Waals surface area contributed by atoms with Gasteiger partial charge in [-0.25, -0.2) is 0 Å². The lowest BCUT2D eigenvalue weighted by atomic mass is 10.0. The van der Waals surface area contributed by atoms with E-state index in [1.54, 1.807) is 0 Å². The second kappa shape index (κ2) is 26.9. The van der Waals surface area contributed by atoms with E-state index in [1.807, 2.05) is 0 Å². The highest BCUT2D eigenvalue weighted by molar-refractivity contribution is 5.54. The zero-order valence-corrected chi connectivity index (χ0v) is 28.2. The molecule has 0 amide bonds. The first-order chi connectivity index (χ1) is 20.8. The number of hydrogen-bond acceptors (Lipinski definition) is 2. The fourth-order valence-corrected chi connectivity index (χ4v) is 6.14. The Hall–Kier alpha value is -1.70. The molecule has 2 heterocycles. The minimum atomic E-state index is 0.997. The van der Waals surface area contributed by atoms with E-state index in [0.717, 1.165) is 24.2 Å². The van der Waals surface area contributed by atoms with Gasteiger partial charge in [-0.3, -0.25) is 9.97 Å². The standard InChI is InChI=1S/C40H68N2/c1-3-5-7-9-11-13-15-17-19-21-23-25-27-29-37-31-33-39(41-35-37)40-34-32-38(36-42-40)30-28-26-24-22-20-18-16-14-12-10-8-6-4-2/h31-36H,3-30H2,1-2H3. The molecule has 42 heavy (non-hydrogen) atoms. The third-order valence-electron chi connectivity index (χ3n) is 9.05. The van der Waals surface area contributed by atoms with Crippen LogP contribution in [0.2, 0.25) is 0 Å². The molecule has 0 saturated heterocycles. The maximum absolute atomic E-state index is 4.74. The summed E-state index contributed by atoms with van der Waals surface area (Å²) in [6, 6.07) is 8.83. The molecule has 238 valence electrons. The van der Waals surface area contributed by atoms with Gasteiger partial charge in [-0.05, 0) is 48.9 Å². The number of rotatable bonds is 29. The van der Waals surface area contributed by atoms with Crippen LogP contribution in [0.3, 0.4) is 0 Å². The average molecular weight is 577 g/mol. The van der Waals surface area contributed by atoms with Crippen LogP contribution in [0.1, 0.15) is 192 Å². The molecule has 2 aromatic heterocycles. The predicted molar refractivity (Wildman–Crippen MR) is 186 cm³/mol. The largest absolute Gasteiger partial charge is 0.254 e. The maximum Gasteiger partial charge on any atom is 0.0886 e. The molecule has 0 fully saturated rings. The topological polar surface area (TPSA) is 25.8 Å². The second-order valence-corrected chi connectivity index (χ2v) is 13.1. The van der Waals surface area contributed by atoms with Crippen LogP contribution in [-0.2, 0) is 12.8 Å². The van der Waals surface area contributed by atoms with Crippen molar-refractivity contribution in [2.45, 2.75) is 194 Å². The quantitative estimate of drug-likeness (QED) is 0.0900. The van der Waals surface area contributed by atoms with E-state index >= 15 is 0 Å². The van der Waals surface area contributed by atoms with Crippen LogP contribution >= 0.6 is 0 Å². The van der Waals surface area contributed by atoms with Crippen molar-refractivity contribution in [3.05, 3.63) is 47.8 Å². The fraction of sp³-hybridized carbons (Fsp3) is 0.750. The average Bonchev–Trinajstić information content (AvgIpc) is 3.02. The normalized spacial score (nSPS) is 11.4. The first-order valence-electron chi connectivity index (χ1n) is 18.7. The van der Waals surface area contributed by atoms with Crippen molar-refractivity contribution < 1.29 is 0 Å². The molecular weight excluding hydrogens is 508 g/mol. The number of nitrogens with zero attached hydrogens (tertiary/aromatic N) is 2. The SMILES string of the molecule is CCCCCCCCCCCCCCCc1ccc(-c2ccc(CCCCCCCCCCCCCCC)cn2)nc1. The summed E-state index contributed by atoms with van der Waals surface area (Å²) in [6.07, 6.45) is 43.1. The molecule has 0 N–H and O–H groups in total. The molecule has 0 saturated carbocycles. The molecule has 2 heteroatoms. The van der Waals surface area contributed by atoms with Crippen LogP contribution in [0.4, 0.5) is 0 Å². The first kappa shape index (κ1) is 36.5. The molecule has 0 aliphatic rings. The van der Waals surface area contributed by atoms with E-state index in [9.17, 15) is 0 Å². The highest BCUT2D eigenvalue weighted by Gasteiger charge is 2.03. The van der Waals surface area contributed by atoms with Crippen LogP contribution < -0.4 is 0 Å². The Morgan fingerprint density at radius 1 is 0.333 bits per heavy atom. The molecule has 0 atom stereocenters.